The average Bonchev–Trinajstić information content (AvgIpc) is 3.41. The summed E-state index contributed by atoms with van der Waals surface area (Å²) >= 11 is 6.99. The molecule has 26 heavy (non-hydrogen) atoms. The Bertz CT molecular complexity index is 691. The summed E-state index contributed by atoms with van der Waals surface area (Å²) in [5, 5.41) is 34.6. The summed E-state index contributed by atoms with van der Waals surface area (Å²) < 4.78 is 0. The Labute approximate surface area is 169 Å². The van der Waals surface area contributed by atoms with Crippen molar-refractivity contribution in [2.45, 2.75) is 0 Å². The third-order valence-electron chi connectivity index (χ3n) is 4.05. The molecule has 0 saturated carbocycles. The normalized spacial score (nSPS) is 25.2. The van der Waals surface area contributed by atoms with Gasteiger partial charge in [0.2, 0.25) is 0 Å². The summed E-state index contributed by atoms with van der Waals surface area (Å²) in [5.41, 5.74) is 4.83. The summed E-state index contributed by atoms with van der Waals surface area (Å²) in [4.78, 5) is 0. The number of hydrogen-bond donors (Lipinski definition) is 6. The molecule has 136 valence electrons. The van der Waals surface area contributed by atoms with Gasteiger partial charge >= 0.3 is 0 Å². The first-order valence-electron chi connectivity index (χ1n) is 8.24. The lowest BCUT2D eigenvalue weighted by molar-refractivity contribution is 0.729. The monoisotopic (exact) mass is 422 g/mol. The molecule has 0 fully saturated rings. The van der Waals surface area contributed by atoms with Crippen molar-refractivity contribution < 1.29 is 0 Å². The van der Waals surface area contributed by atoms with Gasteiger partial charge in [-0.2, -0.15) is 0 Å². The molecule has 6 nitrogen and oxygen atoms in total. The zero-order valence-electron chi connectivity index (χ0n) is 13.8. The van der Waals surface area contributed by atoms with Gasteiger partial charge in [-0.05, 0) is 21.6 Å². The van der Waals surface area contributed by atoms with Crippen molar-refractivity contribution in [3.8, 4) is 0 Å². The molecular weight excluding hydrogens is 404 g/mol. The van der Waals surface area contributed by atoms with Gasteiger partial charge in [-0.3, -0.25) is 0 Å². The zero-order chi connectivity index (χ0) is 17.3. The molecular formula is C16H18N6S4. The van der Waals surface area contributed by atoms with E-state index < -0.39 is 0 Å². The van der Waals surface area contributed by atoms with Crippen molar-refractivity contribution >= 4 is 47.0 Å². The van der Waals surface area contributed by atoms with Crippen LogP contribution in [0.5, 0.6) is 0 Å². The van der Waals surface area contributed by atoms with Crippen molar-refractivity contribution in [1.82, 2.24) is 31.9 Å². The summed E-state index contributed by atoms with van der Waals surface area (Å²) in [6.45, 7) is 3.30. The molecule has 5 rings (SSSR count). The molecule has 0 unspecified atom stereocenters. The van der Waals surface area contributed by atoms with Crippen molar-refractivity contribution in [2.75, 3.05) is 26.2 Å². The number of rotatable bonds is 0. The van der Waals surface area contributed by atoms with Crippen molar-refractivity contribution in [3.05, 3.63) is 64.5 Å². The predicted molar refractivity (Wildman–Crippen MR) is 115 cm³/mol. The fourth-order valence-electron chi connectivity index (χ4n) is 2.79. The summed E-state index contributed by atoms with van der Waals surface area (Å²) in [7, 11) is 0. The lowest BCUT2D eigenvalue weighted by Crippen LogP contribution is -2.29. The first kappa shape index (κ1) is 17.1. The number of nitrogens with one attached hydrogen (secondary N) is 6. The van der Waals surface area contributed by atoms with Crippen molar-refractivity contribution in [3.63, 3.8) is 0 Å². The summed E-state index contributed by atoms with van der Waals surface area (Å²) in [6, 6.07) is 0. The minimum atomic E-state index is 0.824. The fourth-order valence-corrected chi connectivity index (χ4v) is 6.37. The van der Waals surface area contributed by atoms with Gasteiger partial charge in [-0.25, -0.2) is 0 Å². The lowest BCUT2D eigenvalue weighted by atomic mass is 10.4. The molecule has 0 aromatic heterocycles. The van der Waals surface area contributed by atoms with Gasteiger partial charge < -0.3 is 31.9 Å². The predicted octanol–water partition coefficient (Wildman–Crippen LogP) is 2.14. The van der Waals surface area contributed by atoms with E-state index in [1.165, 1.54) is 42.9 Å². The van der Waals surface area contributed by atoms with Gasteiger partial charge in [0, 0.05) is 49.0 Å². The Morgan fingerprint density at radius 3 is 1.00 bits per heavy atom. The SMILES string of the molecule is C1=C2CNCC3=CSC(=C4NC(=CS4)CNCC4=CSC(=C(N2)S1)N4)N3. The second-order valence-electron chi connectivity index (χ2n) is 6.07. The zero-order valence-corrected chi connectivity index (χ0v) is 17.0. The Kier molecular flexibility index (Phi) is 4.95. The third-order valence-corrected chi connectivity index (χ3v) is 8.08. The molecule has 0 aromatic rings. The molecule has 5 aliphatic heterocycles. The molecule has 5 aliphatic rings. The molecule has 0 saturated heterocycles. The maximum atomic E-state index is 3.52. The van der Waals surface area contributed by atoms with E-state index >= 15 is 0 Å². The van der Waals surface area contributed by atoms with Gasteiger partial charge in [0.15, 0.2) is 0 Å². The smallest absolute Gasteiger partial charge is 0.108 e. The summed E-state index contributed by atoms with van der Waals surface area (Å²) in [5.74, 6) is 0. The van der Waals surface area contributed by atoms with Crippen LogP contribution < -0.4 is 31.9 Å². The summed E-state index contributed by atoms with van der Waals surface area (Å²) in [6.07, 6.45) is 0. The van der Waals surface area contributed by atoms with Crippen LogP contribution in [-0.2, 0) is 0 Å². The first-order chi connectivity index (χ1) is 12.8. The lowest BCUT2D eigenvalue weighted by Gasteiger charge is -2.13. The van der Waals surface area contributed by atoms with Gasteiger partial charge in [-0.1, -0.05) is 47.0 Å². The maximum Gasteiger partial charge on any atom is 0.108 e. The largest absolute Gasteiger partial charge is 0.350 e. The van der Waals surface area contributed by atoms with Crippen LogP contribution in [0.15, 0.2) is 64.5 Å². The molecule has 0 spiro atoms. The average molecular weight is 423 g/mol. The van der Waals surface area contributed by atoms with Crippen LogP contribution in [0.4, 0.5) is 0 Å². The Morgan fingerprint density at radius 1 is 0.462 bits per heavy atom. The van der Waals surface area contributed by atoms with E-state index in [9.17, 15) is 0 Å². The highest BCUT2D eigenvalue weighted by molar-refractivity contribution is 8.10. The molecule has 0 amide bonds. The molecule has 5 heterocycles. The second kappa shape index (κ2) is 7.53. The molecule has 0 atom stereocenters. The topological polar surface area (TPSA) is 72.2 Å². The minimum absolute atomic E-state index is 0.824. The second-order valence-corrected chi connectivity index (χ2v) is 9.59. The molecule has 0 aromatic carbocycles. The van der Waals surface area contributed by atoms with E-state index in [1.54, 1.807) is 47.0 Å². The molecule has 0 aliphatic carbocycles. The van der Waals surface area contributed by atoms with Crippen LogP contribution in [0, 0.1) is 0 Å². The van der Waals surface area contributed by atoms with Crippen LogP contribution in [0.3, 0.4) is 0 Å². The molecule has 8 bridgehead atoms. The highest BCUT2D eigenvalue weighted by Crippen LogP contribution is 2.36. The van der Waals surface area contributed by atoms with E-state index in [0.717, 1.165) is 26.2 Å². The highest BCUT2D eigenvalue weighted by atomic mass is 32.2. The van der Waals surface area contributed by atoms with Gasteiger partial charge in [-0.15, -0.1) is 0 Å². The quantitative estimate of drug-likeness (QED) is 0.350. The van der Waals surface area contributed by atoms with Crippen molar-refractivity contribution in [1.29, 1.82) is 0 Å². The van der Waals surface area contributed by atoms with E-state index in [2.05, 4.69) is 53.5 Å². The van der Waals surface area contributed by atoms with E-state index in [1.807, 2.05) is 0 Å². The Morgan fingerprint density at radius 2 is 0.731 bits per heavy atom. The minimum Gasteiger partial charge on any atom is -0.350 e. The van der Waals surface area contributed by atoms with E-state index in [-0.39, 0.29) is 0 Å². The number of hydrogen-bond acceptors (Lipinski definition) is 10. The van der Waals surface area contributed by atoms with Crippen LogP contribution in [0.25, 0.3) is 0 Å². The van der Waals surface area contributed by atoms with Crippen LogP contribution >= 0.6 is 47.0 Å². The third kappa shape index (κ3) is 3.67. The fraction of sp³-hybridized carbons (Fsp3) is 0.250. The first-order valence-corrected chi connectivity index (χ1v) is 11.8. The number of thioether (sulfide) groups is 4. The molecule has 6 N–H and O–H groups in total. The number of fused-ring (bicyclic) bond motifs is 8. The molecule has 10 heteroatoms. The molecule has 0 radical (unpaired) electrons. The van der Waals surface area contributed by atoms with Crippen molar-refractivity contribution in [2.24, 2.45) is 0 Å². The Hall–Kier alpha value is -1.04. The Balaban J connectivity index is 1.31. The van der Waals surface area contributed by atoms with Crippen LogP contribution in [-0.4, -0.2) is 26.2 Å². The standard InChI is InChI=1S/C16H18N6S4/c1-9-5-23-13(19-9)14-21-11(7-25-14)3-18-4-12-8-26-16(22-12)15-20-10(2-17-1)6-24-15/h5-8,17-22H,1-4H2. The van der Waals surface area contributed by atoms with Gasteiger partial charge in [0.05, 0.1) is 0 Å². The van der Waals surface area contributed by atoms with Gasteiger partial charge in [0.1, 0.15) is 20.1 Å². The van der Waals surface area contributed by atoms with Gasteiger partial charge in [0.25, 0.3) is 0 Å². The van der Waals surface area contributed by atoms with E-state index in [0.29, 0.717) is 0 Å². The van der Waals surface area contributed by atoms with Crippen LogP contribution in [0.1, 0.15) is 0 Å². The van der Waals surface area contributed by atoms with E-state index in [4.69, 9.17) is 0 Å². The highest BCUT2D eigenvalue weighted by Gasteiger charge is 2.22. The maximum absolute atomic E-state index is 3.52. The van der Waals surface area contributed by atoms with Crippen LogP contribution in [0.2, 0.25) is 0 Å².